The lowest BCUT2D eigenvalue weighted by Gasteiger charge is -2.24. The molecule has 3 aromatic rings. The molecular weight excluding hydrogens is 333 g/mol. The standard InChI is InChI=1S/C18H20FN7/c19-14-3-1-13(2-4-14)16-10-20-17-18(22-16)26(24-23-17)11-12-6-8-25-15(9-12)5-7-21-25/h5-10,13-14,24H,1-4,11H2,(H,20,23). The Morgan fingerprint density at radius 2 is 2.08 bits per heavy atom. The number of hydrazine groups is 2. The van der Waals surface area contributed by atoms with Crippen LogP contribution in [0, 0.1) is 0 Å². The normalized spacial score (nSPS) is 22.4. The van der Waals surface area contributed by atoms with Crippen molar-refractivity contribution >= 4 is 17.2 Å². The lowest BCUT2D eigenvalue weighted by atomic mass is 9.86. The molecular formula is C18H20FN7. The van der Waals surface area contributed by atoms with Crippen LogP contribution in [0.1, 0.15) is 42.9 Å². The van der Waals surface area contributed by atoms with Gasteiger partial charge in [0.15, 0.2) is 11.6 Å². The second-order valence-corrected chi connectivity index (χ2v) is 6.97. The monoisotopic (exact) mass is 353 g/mol. The molecule has 0 atom stereocenters. The van der Waals surface area contributed by atoms with Crippen LogP contribution in [0.3, 0.4) is 0 Å². The van der Waals surface area contributed by atoms with Crippen molar-refractivity contribution in [3.8, 4) is 0 Å². The third-order valence-corrected chi connectivity index (χ3v) is 5.22. The van der Waals surface area contributed by atoms with Gasteiger partial charge in [-0.15, -0.1) is 5.53 Å². The van der Waals surface area contributed by atoms with Crippen LogP contribution in [0.25, 0.3) is 5.52 Å². The number of nitrogens with one attached hydrogen (secondary N) is 2. The quantitative estimate of drug-likeness (QED) is 0.754. The third-order valence-electron chi connectivity index (χ3n) is 5.22. The molecule has 0 spiro atoms. The summed E-state index contributed by atoms with van der Waals surface area (Å²) in [6, 6.07) is 6.12. The SMILES string of the molecule is FC1CCC(c2cnc3c(n2)N(Cc2ccn4nccc4c2)NN3)CC1. The summed E-state index contributed by atoms with van der Waals surface area (Å²) in [4.78, 5) is 9.33. The van der Waals surface area contributed by atoms with Gasteiger partial charge in [0, 0.05) is 18.3 Å². The molecule has 0 aromatic carbocycles. The smallest absolute Gasteiger partial charge is 0.189 e. The highest BCUT2D eigenvalue weighted by Gasteiger charge is 2.27. The largest absolute Gasteiger partial charge is 0.285 e. The van der Waals surface area contributed by atoms with E-state index in [9.17, 15) is 4.39 Å². The highest BCUT2D eigenvalue weighted by molar-refractivity contribution is 5.64. The summed E-state index contributed by atoms with van der Waals surface area (Å²) >= 11 is 0. The molecule has 134 valence electrons. The first kappa shape index (κ1) is 15.5. The molecule has 0 radical (unpaired) electrons. The molecule has 5 rings (SSSR count). The van der Waals surface area contributed by atoms with Gasteiger partial charge in [-0.3, -0.25) is 10.4 Å². The molecule has 1 aliphatic heterocycles. The van der Waals surface area contributed by atoms with Crippen molar-refractivity contribution < 1.29 is 4.39 Å². The van der Waals surface area contributed by atoms with Crippen LogP contribution in [0.4, 0.5) is 16.0 Å². The number of anilines is 2. The Bertz CT molecular complexity index is 932. The average molecular weight is 353 g/mol. The third kappa shape index (κ3) is 2.76. The van der Waals surface area contributed by atoms with E-state index in [-0.39, 0.29) is 0 Å². The van der Waals surface area contributed by atoms with Crippen molar-refractivity contribution in [3.05, 3.63) is 48.0 Å². The second kappa shape index (κ2) is 6.21. The van der Waals surface area contributed by atoms with E-state index in [1.54, 1.807) is 6.20 Å². The molecule has 0 unspecified atom stereocenters. The van der Waals surface area contributed by atoms with E-state index in [1.165, 1.54) is 0 Å². The fraction of sp³-hybridized carbons (Fsp3) is 0.389. The van der Waals surface area contributed by atoms with Crippen molar-refractivity contribution in [2.45, 2.75) is 44.3 Å². The number of pyridine rings is 1. The molecule has 2 aliphatic rings. The molecule has 8 heteroatoms. The fourth-order valence-electron chi connectivity index (χ4n) is 3.75. The number of aromatic nitrogens is 4. The molecule has 26 heavy (non-hydrogen) atoms. The average Bonchev–Trinajstić information content (AvgIpc) is 3.29. The first-order chi connectivity index (χ1) is 12.8. The first-order valence-corrected chi connectivity index (χ1v) is 8.99. The van der Waals surface area contributed by atoms with Crippen LogP contribution >= 0.6 is 0 Å². The Morgan fingerprint density at radius 1 is 1.19 bits per heavy atom. The number of hydrogen-bond acceptors (Lipinski definition) is 6. The Morgan fingerprint density at radius 3 is 2.96 bits per heavy atom. The summed E-state index contributed by atoms with van der Waals surface area (Å²) < 4.78 is 15.3. The van der Waals surface area contributed by atoms with Crippen LogP contribution in [0.2, 0.25) is 0 Å². The molecule has 4 heterocycles. The van der Waals surface area contributed by atoms with E-state index < -0.39 is 6.17 Å². The van der Waals surface area contributed by atoms with Crippen LogP contribution in [0.5, 0.6) is 0 Å². The van der Waals surface area contributed by atoms with E-state index in [2.05, 4.69) is 27.1 Å². The van der Waals surface area contributed by atoms with E-state index in [0.717, 1.165) is 41.3 Å². The first-order valence-electron chi connectivity index (χ1n) is 8.99. The summed E-state index contributed by atoms with van der Waals surface area (Å²) in [5.74, 6) is 1.81. The van der Waals surface area contributed by atoms with Gasteiger partial charge in [0.2, 0.25) is 0 Å². The van der Waals surface area contributed by atoms with Gasteiger partial charge in [0.05, 0.1) is 24.0 Å². The minimum absolute atomic E-state index is 0.297. The van der Waals surface area contributed by atoms with Crippen molar-refractivity contribution in [1.29, 1.82) is 0 Å². The number of rotatable bonds is 3. The predicted octanol–water partition coefficient (Wildman–Crippen LogP) is 2.97. The maximum absolute atomic E-state index is 13.4. The molecule has 1 aliphatic carbocycles. The van der Waals surface area contributed by atoms with Crippen molar-refractivity contribution in [2.75, 3.05) is 10.4 Å². The zero-order valence-electron chi connectivity index (χ0n) is 14.3. The highest BCUT2D eigenvalue weighted by atomic mass is 19.1. The minimum atomic E-state index is -0.660. The molecule has 3 aromatic heterocycles. The van der Waals surface area contributed by atoms with E-state index in [4.69, 9.17) is 4.98 Å². The number of halogens is 1. The highest BCUT2D eigenvalue weighted by Crippen LogP contribution is 2.35. The molecule has 0 saturated heterocycles. The lowest BCUT2D eigenvalue weighted by molar-refractivity contribution is 0.234. The van der Waals surface area contributed by atoms with Crippen molar-refractivity contribution in [1.82, 2.24) is 25.1 Å². The van der Waals surface area contributed by atoms with Crippen LogP contribution in [0.15, 0.2) is 36.8 Å². The Hall–Kier alpha value is -2.74. The fourth-order valence-corrected chi connectivity index (χ4v) is 3.75. The zero-order chi connectivity index (χ0) is 17.5. The predicted molar refractivity (Wildman–Crippen MR) is 96.3 cm³/mol. The summed E-state index contributed by atoms with van der Waals surface area (Å²) in [7, 11) is 0. The van der Waals surface area contributed by atoms with Crippen molar-refractivity contribution in [3.63, 3.8) is 0 Å². The summed E-state index contributed by atoms with van der Waals surface area (Å²) in [6.07, 6.45) is 7.82. The van der Waals surface area contributed by atoms with E-state index in [0.29, 0.717) is 25.3 Å². The minimum Gasteiger partial charge on any atom is -0.285 e. The second-order valence-electron chi connectivity index (χ2n) is 6.97. The van der Waals surface area contributed by atoms with Gasteiger partial charge >= 0.3 is 0 Å². The van der Waals surface area contributed by atoms with E-state index in [1.807, 2.05) is 34.1 Å². The summed E-state index contributed by atoms with van der Waals surface area (Å²) in [6.45, 7) is 0.650. The molecule has 7 nitrogen and oxygen atoms in total. The van der Waals surface area contributed by atoms with Gasteiger partial charge in [-0.05, 0) is 49.4 Å². The maximum Gasteiger partial charge on any atom is 0.189 e. The zero-order valence-corrected chi connectivity index (χ0v) is 14.3. The summed E-state index contributed by atoms with van der Waals surface area (Å²) in [5.41, 5.74) is 9.34. The van der Waals surface area contributed by atoms with Gasteiger partial charge in [0.25, 0.3) is 0 Å². The van der Waals surface area contributed by atoms with Gasteiger partial charge in [-0.25, -0.2) is 18.9 Å². The number of nitrogens with zero attached hydrogens (tertiary/aromatic N) is 5. The topological polar surface area (TPSA) is 70.4 Å². The lowest BCUT2D eigenvalue weighted by Crippen LogP contribution is -2.35. The molecule has 1 fully saturated rings. The van der Waals surface area contributed by atoms with Gasteiger partial charge in [0.1, 0.15) is 6.17 Å². The van der Waals surface area contributed by atoms with Gasteiger partial charge in [-0.1, -0.05) is 0 Å². The molecule has 0 amide bonds. The van der Waals surface area contributed by atoms with Crippen molar-refractivity contribution in [2.24, 2.45) is 0 Å². The number of fused-ring (bicyclic) bond motifs is 2. The number of alkyl halides is 1. The Balaban J connectivity index is 1.38. The Labute approximate surface area is 150 Å². The van der Waals surface area contributed by atoms with Gasteiger partial charge < -0.3 is 0 Å². The molecule has 2 N–H and O–H groups in total. The maximum atomic E-state index is 13.4. The van der Waals surface area contributed by atoms with Crippen LogP contribution < -0.4 is 16.0 Å². The Kier molecular flexibility index (Phi) is 3.70. The van der Waals surface area contributed by atoms with E-state index >= 15 is 0 Å². The molecule has 1 saturated carbocycles. The van der Waals surface area contributed by atoms with Crippen LogP contribution in [-0.2, 0) is 6.54 Å². The van der Waals surface area contributed by atoms with Crippen LogP contribution in [-0.4, -0.2) is 25.8 Å². The van der Waals surface area contributed by atoms with Gasteiger partial charge in [-0.2, -0.15) is 5.10 Å². The summed E-state index contributed by atoms with van der Waals surface area (Å²) in [5, 5.41) is 6.18. The molecule has 0 bridgehead atoms. The number of hydrogen-bond donors (Lipinski definition) is 2.